The topological polar surface area (TPSA) is 59.3 Å². The molecule has 1 aromatic heterocycles. The molecule has 4 nitrogen and oxygen atoms in total. The van der Waals surface area contributed by atoms with Gasteiger partial charge in [-0.05, 0) is 24.6 Å². The maximum atomic E-state index is 12.3. The quantitative estimate of drug-likeness (QED) is 0.878. The standard InChI is InChI=1S/C14H12ClNO3/c1-8-10(4-3-5-11(8)15)13(17)9-6-12(14(18)19)16(2)7-9/h3-7H,1-2H3,(H,18,19). The van der Waals surface area contributed by atoms with E-state index in [-0.39, 0.29) is 11.5 Å². The molecule has 2 aromatic rings. The van der Waals surface area contributed by atoms with Gasteiger partial charge < -0.3 is 9.67 Å². The molecule has 0 saturated heterocycles. The molecule has 0 aliphatic heterocycles. The van der Waals surface area contributed by atoms with Gasteiger partial charge in [0.1, 0.15) is 5.69 Å². The summed E-state index contributed by atoms with van der Waals surface area (Å²) < 4.78 is 1.41. The Bertz CT molecular complexity index is 673. The van der Waals surface area contributed by atoms with Crippen LogP contribution in [0.5, 0.6) is 0 Å². The number of aromatic carboxylic acids is 1. The number of carboxylic acid groups (broad SMARTS) is 1. The van der Waals surface area contributed by atoms with E-state index in [1.54, 1.807) is 32.2 Å². The number of rotatable bonds is 3. The molecular weight excluding hydrogens is 266 g/mol. The highest BCUT2D eigenvalue weighted by molar-refractivity contribution is 6.32. The Labute approximate surface area is 115 Å². The predicted octanol–water partition coefficient (Wildman–Crippen LogP) is 2.92. The van der Waals surface area contributed by atoms with Crippen molar-refractivity contribution >= 4 is 23.4 Å². The average Bonchev–Trinajstić information content (AvgIpc) is 2.74. The summed E-state index contributed by atoms with van der Waals surface area (Å²) in [7, 11) is 1.59. The van der Waals surface area contributed by atoms with Crippen molar-refractivity contribution in [1.29, 1.82) is 0 Å². The van der Waals surface area contributed by atoms with Gasteiger partial charge in [0, 0.05) is 29.4 Å². The number of benzene rings is 1. The van der Waals surface area contributed by atoms with Gasteiger partial charge in [0.05, 0.1) is 0 Å². The third-order valence-corrected chi connectivity index (χ3v) is 3.41. The van der Waals surface area contributed by atoms with Gasteiger partial charge in [-0.1, -0.05) is 23.7 Å². The smallest absolute Gasteiger partial charge is 0.352 e. The van der Waals surface area contributed by atoms with Crippen LogP contribution in [0.3, 0.4) is 0 Å². The van der Waals surface area contributed by atoms with Crippen molar-refractivity contribution in [3.8, 4) is 0 Å². The Hall–Kier alpha value is -2.07. The van der Waals surface area contributed by atoms with Crippen LogP contribution in [0.2, 0.25) is 5.02 Å². The van der Waals surface area contributed by atoms with Crippen LogP contribution >= 0.6 is 11.6 Å². The molecule has 1 N–H and O–H groups in total. The molecule has 0 fully saturated rings. The zero-order valence-corrected chi connectivity index (χ0v) is 11.2. The summed E-state index contributed by atoms with van der Waals surface area (Å²) in [5.74, 6) is -1.30. The minimum Gasteiger partial charge on any atom is -0.477 e. The summed E-state index contributed by atoms with van der Waals surface area (Å²) in [6.07, 6.45) is 1.51. The molecule has 5 heteroatoms. The molecule has 0 bridgehead atoms. The minimum absolute atomic E-state index is 0.0723. The second-order valence-electron chi connectivity index (χ2n) is 4.27. The van der Waals surface area contributed by atoms with Gasteiger partial charge in [-0.25, -0.2) is 4.79 Å². The molecule has 98 valence electrons. The fraction of sp³-hybridized carbons (Fsp3) is 0.143. The first-order valence-electron chi connectivity index (χ1n) is 5.61. The SMILES string of the molecule is Cc1c(Cl)cccc1C(=O)c1cc(C(=O)O)n(C)c1. The van der Waals surface area contributed by atoms with Crippen molar-refractivity contribution in [2.45, 2.75) is 6.92 Å². The predicted molar refractivity (Wildman–Crippen MR) is 72.0 cm³/mol. The fourth-order valence-electron chi connectivity index (χ4n) is 1.91. The number of hydrogen-bond donors (Lipinski definition) is 1. The second kappa shape index (κ2) is 4.90. The third kappa shape index (κ3) is 2.39. The van der Waals surface area contributed by atoms with Crippen molar-refractivity contribution in [2.75, 3.05) is 0 Å². The van der Waals surface area contributed by atoms with Crippen LogP contribution in [0, 0.1) is 6.92 Å². The van der Waals surface area contributed by atoms with Crippen LogP contribution in [-0.2, 0) is 7.05 Å². The van der Waals surface area contributed by atoms with Gasteiger partial charge in [0.25, 0.3) is 0 Å². The Balaban J connectivity index is 2.48. The summed E-state index contributed by atoms with van der Waals surface area (Å²) in [4.78, 5) is 23.3. The summed E-state index contributed by atoms with van der Waals surface area (Å²) in [6, 6.07) is 6.45. The van der Waals surface area contributed by atoms with E-state index in [2.05, 4.69) is 0 Å². The van der Waals surface area contributed by atoms with Crippen molar-refractivity contribution in [3.63, 3.8) is 0 Å². The van der Waals surface area contributed by atoms with E-state index < -0.39 is 5.97 Å². The Morgan fingerprint density at radius 1 is 1.32 bits per heavy atom. The van der Waals surface area contributed by atoms with Crippen LogP contribution in [0.4, 0.5) is 0 Å². The number of halogens is 1. The first-order chi connectivity index (χ1) is 8.91. The van der Waals surface area contributed by atoms with Crippen LogP contribution in [-0.4, -0.2) is 21.4 Å². The lowest BCUT2D eigenvalue weighted by Crippen LogP contribution is -2.03. The maximum absolute atomic E-state index is 12.3. The Morgan fingerprint density at radius 3 is 2.58 bits per heavy atom. The molecule has 0 unspecified atom stereocenters. The van der Waals surface area contributed by atoms with E-state index in [1.807, 2.05) is 0 Å². The molecule has 19 heavy (non-hydrogen) atoms. The number of ketones is 1. The van der Waals surface area contributed by atoms with Crippen molar-refractivity contribution < 1.29 is 14.7 Å². The van der Waals surface area contributed by atoms with Crippen LogP contribution in [0.1, 0.15) is 32.0 Å². The molecule has 0 radical (unpaired) electrons. The number of carboxylic acids is 1. The van der Waals surface area contributed by atoms with E-state index in [4.69, 9.17) is 16.7 Å². The third-order valence-electron chi connectivity index (χ3n) is 3.00. The van der Waals surface area contributed by atoms with Gasteiger partial charge in [0.15, 0.2) is 5.78 Å². The van der Waals surface area contributed by atoms with Crippen LogP contribution in [0.25, 0.3) is 0 Å². The molecule has 0 aliphatic carbocycles. The average molecular weight is 278 g/mol. The van der Waals surface area contributed by atoms with Gasteiger partial charge in [-0.15, -0.1) is 0 Å². The molecule has 0 spiro atoms. The number of aromatic nitrogens is 1. The second-order valence-corrected chi connectivity index (χ2v) is 4.68. The zero-order valence-electron chi connectivity index (χ0n) is 10.5. The lowest BCUT2D eigenvalue weighted by molar-refractivity contribution is 0.0686. The Morgan fingerprint density at radius 2 is 2.00 bits per heavy atom. The van der Waals surface area contributed by atoms with Gasteiger partial charge in [0.2, 0.25) is 0 Å². The lowest BCUT2D eigenvalue weighted by Gasteiger charge is -2.04. The van der Waals surface area contributed by atoms with E-state index in [9.17, 15) is 9.59 Å². The largest absolute Gasteiger partial charge is 0.477 e. The number of carbonyl (C=O) groups excluding carboxylic acids is 1. The molecule has 2 rings (SSSR count). The van der Waals surface area contributed by atoms with E-state index >= 15 is 0 Å². The molecule has 0 atom stereocenters. The number of nitrogens with zero attached hydrogens (tertiary/aromatic N) is 1. The van der Waals surface area contributed by atoms with Crippen molar-refractivity contribution in [3.05, 3.63) is 57.9 Å². The molecule has 1 aromatic carbocycles. The summed E-state index contributed by atoms with van der Waals surface area (Å²) >= 11 is 5.98. The highest BCUT2D eigenvalue weighted by Gasteiger charge is 2.18. The summed E-state index contributed by atoms with van der Waals surface area (Å²) in [6.45, 7) is 1.76. The monoisotopic (exact) mass is 277 g/mol. The first kappa shape index (κ1) is 13.4. The number of aryl methyl sites for hydroxylation is 1. The van der Waals surface area contributed by atoms with Crippen molar-refractivity contribution in [1.82, 2.24) is 4.57 Å². The summed E-state index contributed by atoms with van der Waals surface area (Å²) in [5, 5.41) is 9.49. The normalized spacial score (nSPS) is 10.5. The van der Waals surface area contributed by atoms with Crippen LogP contribution in [0.15, 0.2) is 30.5 Å². The molecular formula is C14H12ClNO3. The number of carbonyl (C=O) groups is 2. The maximum Gasteiger partial charge on any atom is 0.352 e. The highest BCUT2D eigenvalue weighted by atomic mass is 35.5. The lowest BCUT2D eigenvalue weighted by atomic mass is 10.0. The molecule has 0 aliphatic rings. The highest BCUT2D eigenvalue weighted by Crippen LogP contribution is 2.22. The van der Waals surface area contributed by atoms with Crippen LogP contribution < -0.4 is 0 Å². The van der Waals surface area contributed by atoms with E-state index in [0.717, 1.165) is 0 Å². The van der Waals surface area contributed by atoms with E-state index in [0.29, 0.717) is 21.7 Å². The molecule has 0 saturated carbocycles. The van der Waals surface area contributed by atoms with Gasteiger partial charge in [-0.3, -0.25) is 4.79 Å². The first-order valence-corrected chi connectivity index (χ1v) is 5.99. The Kier molecular flexibility index (Phi) is 3.44. The van der Waals surface area contributed by atoms with E-state index in [1.165, 1.54) is 16.8 Å². The minimum atomic E-state index is -1.07. The molecule has 1 heterocycles. The van der Waals surface area contributed by atoms with Gasteiger partial charge >= 0.3 is 5.97 Å². The van der Waals surface area contributed by atoms with Gasteiger partial charge in [-0.2, -0.15) is 0 Å². The number of hydrogen-bond acceptors (Lipinski definition) is 2. The molecule has 0 amide bonds. The summed E-state index contributed by atoms with van der Waals surface area (Å²) in [5.41, 5.74) is 1.58. The fourth-order valence-corrected chi connectivity index (χ4v) is 2.08. The van der Waals surface area contributed by atoms with Crippen molar-refractivity contribution in [2.24, 2.45) is 7.05 Å². The zero-order chi connectivity index (χ0) is 14.2.